The van der Waals surface area contributed by atoms with Gasteiger partial charge in [0.05, 0.1) is 6.04 Å². The molecule has 0 bridgehead atoms. The molecule has 0 heterocycles. The molecule has 27 heavy (non-hydrogen) atoms. The highest BCUT2D eigenvalue weighted by Gasteiger charge is 2.28. The number of nitrogens with two attached hydrogens (primary N) is 2. The van der Waals surface area contributed by atoms with Crippen molar-refractivity contribution in [3.63, 3.8) is 0 Å². The summed E-state index contributed by atoms with van der Waals surface area (Å²) in [6.45, 7) is 0. The minimum atomic E-state index is -1.22. The molecule has 0 aliphatic heterocycles. The first-order chi connectivity index (χ1) is 12.7. The zero-order chi connectivity index (χ0) is 20.4. The molecule has 7 N–H and O–H groups in total. The van der Waals surface area contributed by atoms with Crippen LogP contribution in [0.5, 0.6) is 0 Å². The van der Waals surface area contributed by atoms with Crippen molar-refractivity contribution in [2.75, 3.05) is 5.75 Å². The quantitative estimate of drug-likeness (QED) is 0.257. The summed E-state index contributed by atoms with van der Waals surface area (Å²) in [6.07, 6.45) is -0.177. The highest BCUT2D eigenvalue weighted by Crippen LogP contribution is 2.05. The molecular formula is C17H24N4O5S. The van der Waals surface area contributed by atoms with Gasteiger partial charge in [0.1, 0.15) is 12.1 Å². The van der Waals surface area contributed by atoms with Gasteiger partial charge < -0.3 is 27.2 Å². The van der Waals surface area contributed by atoms with Crippen molar-refractivity contribution in [2.45, 2.75) is 37.4 Å². The number of hydrogen-bond donors (Lipinski definition) is 6. The molecule has 9 nitrogen and oxygen atoms in total. The molecule has 0 saturated carbocycles. The normalized spacial score (nSPS) is 13.9. The van der Waals surface area contributed by atoms with Gasteiger partial charge in [-0.25, -0.2) is 4.79 Å². The molecule has 1 aromatic carbocycles. The van der Waals surface area contributed by atoms with E-state index in [4.69, 9.17) is 11.5 Å². The smallest absolute Gasteiger partial charge is 0.326 e. The molecule has 10 heteroatoms. The first kappa shape index (κ1) is 22.5. The summed E-state index contributed by atoms with van der Waals surface area (Å²) in [5.74, 6) is -3.19. The van der Waals surface area contributed by atoms with Gasteiger partial charge in [-0.1, -0.05) is 30.3 Å². The van der Waals surface area contributed by atoms with Crippen LogP contribution < -0.4 is 22.1 Å². The average Bonchev–Trinajstić information content (AvgIpc) is 2.64. The molecule has 3 amide bonds. The molecule has 0 aliphatic rings. The molecule has 0 aliphatic carbocycles. The van der Waals surface area contributed by atoms with Crippen LogP contribution in [-0.4, -0.2) is 52.7 Å². The fourth-order valence-electron chi connectivity index (χ4n) is 2.24. The standard InChI is InChI=1S/C17H24N4O5S/c18-11(9-27)15(23)20-12(6-7-14(19)22)16(24)21-13(17(25)26)8-10-4-2-1-3-5-10/h1-5,11-13,27H,6-9,18H2,(H2,19,22)(H,20,23)(H,21,24)(H,25,26). The van der Waals surface area contributed by atoms with Gasteiger partial charge in [0.2, 0.25) is 17.7 Å². The zero-order valence-electron chi connectivity index (χ0n) is 14.6. The van der Waals surface area contributed by atoms with E-state index in [9.17, 15) is 24.3 Å². The van der Waals surface area contributed by atoms with Crippen LogP contribution in [-0.2, 0) is 25.6 Å². The molecule has 0 radical (unpaired) electrons. The fraction of sp³-hybridized carbons (Fsp3) is 0.412. The third-order valence-corrected chi connectivity index (χ3v) is 4.14. The highest BCUT2D eigenvalue weighted by atomic mass is 32.1. The van der Waals surface area contributed by atoms with Gasteiger partial charge >= 0.3 is 5.97 Å². The topological polar surface area (TPSA) is 165 Å². The number of aliphatic carboxylic acids is 1. The third kappa shape index (κ3) is 8.09. The van der Waals surface area contributed by atoms with E-state index in [1.165, 1.54) is 0 Å². The van der Waals surface area contributed by atoms with Gasteiger partial charge in [-0.15, -0.1) is 0 Å². The number of carbonyl (C=O) groups is 4. The minimum absolute atomic E-state index is 0.0573. The summed E-state index contributed by atoms with van der Waals surface area (Å²) in [4.78, 5) is 47.0. The number of carboxylic acids is 1. The van der Waals surface area contributed by atoms with Crippen molar-refractivity contribution in [3.05, 3.63) is 35.9 Å². The van der Waals surface area contributed by atoms with Crippen LogP contribution in [0.1, 0.15) is 18.4 Å². The number of carboxylic acid groups (broad SMARTS) is 1. The second kappa shape index (κ2) is 11.2. The van der Waals surface area contributed by atoms with E-state index < -0.39 is 41.8 Å². The lowest BCUT2D eigenvalue weighted by molar-refractivity contribution is -0.142. The Hall–Kier alpha value is -2.59. The van der Waals surface area contributed by atoms with Crippen molar-refractivity contribution in [3.8, 4) is 0 Å². The third-order valence-electron chi connectivity index (χ3n) is 3.74. The molecule has 0 spiro atoms. The molecule has 148 valence electrons. The zero-order valence-corrected chi connectivity index (χ0v) is 15.5. The van der Waals surface area contributed by atoms with E-state index >= 15 is 0 Å². The second-order valence-corrected chi connectivity index (χ2v) is 6.31. The Bertz CT molecular complexity index is 671. The molecule has 3 atom stereocenters. The van der Waals surface area contributed by atoms with Crippen LogP contribution in [0.4, 0.5) is 0 Å². The van der Waals surface area contributed by atoms with Gasteiger partial charge in [0, 0.05) is 18.6 Å². The molecule has 0 fully saturated rings. The number of thiol groups is 1. The Morgan fingerprint density at radius 1 is 1.04 bits per heavy atom. The Kier molecular flexibility index (Phi) is 9.31. The number of hydrogen-bond acceptors (Lipinski definition) is 6. The Labute approximate surface area is 162 Å². The summed E-state index contributed by atoms with van der Waals surface area (Å²) in [7, 11) is 0. The SMILES string of the molecule is NC(=O)CCC(NC(=O)C(N)CS)C(=O)NC(Cc1ccccc1)C(=O)O. The predicted octanol–water partition coefficient (Wildman–Crippen LogP) is -1.19. The average molecular weight is 396 g/mol. The summed E-state index contributed by atoms with van der Waals surface area (Å²) in [5, 5.41) is 14.2. The van der Waals surface area contributed by atoms with E-state index in [-0.39, 0.29) is 25.0 Å². The van der Waals surface area contributed by atoms with Crippen LogP contribution in [0.3, 0.4) is 0 Å². The maximum absolute atomic E-state index is 12.5. The van der Waals surface area contributed by atoms with Gasteiger partial charge in [-0.2, -0.15) is 12.6 Å². The van der Waals surface area contributed by atoms with Crippen LogP contribution in [0.2, 0.25) is 0 Å². The van der Waals surface area contributed by atoms with Gasteiger partial charge in [0.15, 0.2) is 0 Å². The number of rotatable bonds is 11. The fourth-order valence-corrected chi connectivity index (χ4v) is 2.41. The van der Waals surface area contributed by atoms with Gasteiger partial charge in [-0.3, -0.25) is 14.4 Å². The lowest BCUT2D eigenvalue weighted by atomic mass is 10.0. The Balaban J connectivity index is 2.85. The number of amides is 3. The first-order valence-electron chi connectivity index (χ1n) is 8.26. The summed E-state index contributed by atoms with van der Waals surface area (Å²) in [6, 6.07) is 5.48. The number of nitrogens with one attached hydrogen (secondary N) is 2. The lowest BCUT2D eigenvalue weighted by Crippen LogP contribution is -2.55. The lowest BCUT2D eigenvalue weighted by Gasteiger charge is -2.22. The summed E-state index contributed by atoms with van der Waals surface area (Å²) in [5.41, 5.74) is 11.4. The van der Waals surface area contributed by atoms with Crippen LogP contribution in [0.25, 0.3) is 0 Å². The van der Waals surface area contributed by atoms with E-state index in [1.807, 2.05) is 0 Å². The number of primary amides is 1. The van der Waals surface area contributed by atoms with E-state index in [0.29, 0.717) is 0 Å². The maximum Gasteiger partial charge on any atom is 0.326 e. The van der Waals surface area contributed by atoms with Crippen LogP contribution in [0.15, 0.2) is 30.3 Å². The van der Waals surface area contributed by atoms with Crippen molar-refractivity contribution in [2.24, 2.45) is 11.5 Å². The Morgan fingerprint density at radius 2 is 1.63 bits per heavy atom. The van der Waals surface area contributed by atoms with Gasteiger partial charge in [0.25, 0.3) is 0 Å². The van der Waals surface area contributed by atoms with Crippen LogP contribution in [0, 0.1) is 0 Å². The first-order valence-corrected chi connectivity index (χ1v) is 8.90. The van der Waals surface area contributed by atoms with Crippen molar-refractivity contribution in [1.82, 2.24) is 10.6 Å². The van der Waals surface area contributed by atoms with E-state index in [2.05, 4.69) is 23.3 Å². The van der Waals surface area contributed by atoms with Crippen molar-refractivity contribution < 1.29 is 24.3 Å². The molecule has 3 unspecified atom stereocenters. The molecule has 1 aromatic rings. The Morgan fingerprint density at radius 3 is 2.15 bits per heavy atom. The van der Waals surface area contributed by atoms with Gasteiger partial charge in [-0.05, 0) is 12.0 Å². The number of benzene rings is 1. The van der Waals surface area contributed by atoms with E-state index in [1.54, 1.807) is 30.3 Å². The molecule has 0 aromatic heterocycles. The summed E-state index contributed by atoms with van der Waals surface area (Å²) < 4.78 is 0. The highest BCUT2D eigenvalue weighted by molar-refractivity contribution is 7.80. The monoisotopic (exact) mass is 396 g/mol. The maximum atomic E-state index is 12.5. The molecule has 0 saturated heterocycles. The largest absolute Gasteiger partial charge is 0.480 e. The number of carbonyl (C=O) groups excluding carboxylic acids is 3. The molecular weight excluding hydrogens is 372 g/mol. The van der Waals surface area contributed by atoms with Crippen molar-refractivity contribution >= 4 is 36.3 Å². The van der Waals surface area contributed by atoms with E-state index in [0.717, 1.165) is 5.56 Å². The molecule has 1 rings (SSSR count). The predicted molar refractivity (Wildman–Crippen MR) is 102 cm³/mol. The van der Waals surface area contributed by atoms with Crippen molar-refractivity contribution in [1.29, 1.82) is 0 Å². The van der Waals surface area contributed by atoms with Crippen LogP contribution >= 0.6 is 12.6 Å². The second-order valence-electron chi connectivity index (χ2n) is 5.94. The minimum Gasteiger partial charge on any atom is -0.480 e. The summed E-state index contributed by atoms with van der Waals surface area (Å²) >= 11 is 3.91.